The van der Waals surface area contributed by atoms with Crippen LogP contribution in [0.2, 0.25) is 0 Å². The van der Waals surface area contributed by atoms with Gasteiger partial charge in [0.15, 0.2) is 5.16 Å². The first-order valence-electron chi connectivity index (χ1n) is 5.32. The zero-order valence-corrected chi connectivity index (χ0v) is 11.0. The molecule has 0 saturated carbocycles. The van der Waals surface area contributed by atoms with Crippen molar-refractivity contribution in [2.75, 3.05) is 7.05 Å². The Morgan fingerprint density at radius 2 is 2.24 bits per heavy atom. The van der Waals surface area contributed by atoms with Gasteiger partial charge in [-0.15, -0.1) is 0 Å². The minimum atomic E-state index is 0.836. The summed E-state index contributed by atoms with van der Waals surface area (Å²) in [6.07, 6.45) is 3.44. The number of aromatic nitrogens is 4. The van der Waals surface area contributed by atoms with Crippen molar-refractivity contribution < 1.29 is 0 Å². The number of nitrogens with one attached hydrogen (secondary N) is 1. The highest BCUT2D eigenvalue weighted by molar-refractivity contribution is 7.99. The summed E-state index contributed by atoms with van der Waals surface area (Å²) in [6.45, 7) is 2.90. The lowest BCUT2D eigenvalue weighted by molar-refractivity contribution is 0.684. The third-order valence-corrected chi connectivity index (χ3v) is 3.50. The maximum atomic E-state index is 4.45. The van der Waals surface area contributed by atoms with Crippen molar-refractivity contribution in [3.05, 3.63) is 29.7 Å². The highest BCUT2D eigenvalue weighted by atomic mass is 32.2. The zero-order valence-electron chi connectivity index (χ0n) is 10.1. The van der Waals surface area contributed by atoms with Crippen LogP contribution in [-0.4, -0.2) is 26.8 Å². The van der Waals surface area contributed by atoms with E-state index in [0.29, 0.717) is 0 Å². The molecule has 0 saturated heterocycles. The number of hydrogen-bond donors (Lipinski definition) is 1. The summed E-state index contributed by atoms with van der Waals surface area (Å²) in [7, 11) is 3.80. The van der Waals surface area contributed by atoms with E-state index < -0.39 is 0 Å². The minimum Gasteiger partial charge on any atom is -0.316 e. The Bertz CT molecular complexity index is 508. The molecule has 0 aliphatic heterocycles. The van der Waals surface area contributed by atoms with Crippen molar-refractivity contribution in [2.45, 2.75) is 23.7 Å². The molecular weight excluding hydrogens is 234 g/mol. The van der Waals surface area contributed by atoms with Gasteiger partial charge in [0.25, 0.3) is 0 Å². The molecule has 90 valence electrons. The van der Waals surface area contributed by atoms with E-state index in [1.807, 2.05) is 20.3 Å². The summed E-state index contributed by atoms with van der Waals surface area (Å²) >= 11 is 1.53. The fourth-order valence-corrected chi connectivity index (χ4v) is 2.27. The van der Waals surface area contributed by atoms with Crippen molar-refractivity contribution in [3.8, 4) is 0 Å². The predicted octanol–water partition coefficient (Wildman–Crippen LogP) is 1.39. The molecule has 6 heteroatoms. The van der Waals surface area contributed by atoms with Gasteiger partial charge in [0.05, 0.1) is 0 Å². The Kier molecular flexibility index (Phi) is 3.75. The van der Waals surface area contributed by atoms with Crippen molar-refractivity contribution >= 4 is 11.8 Å². The van der Waals surface area contributed by atoms with Gasteiger partial charge in [0.2, 0.25) is 0 Å². The molecule has 0 bridgehead atoms. The lowest BCUT2D eigenvalue weighted by Crippen LogP contribution is -2.06. The van der Waals surface area contributed by atoms with Crippen molar-refractivity contribution in [1.82, 2.24) is 25.1 Å². The Hall–Kier alpha value is -1.40. The molecule has 0 fully saturated rings. The average molecular weight is 249 g/mol. The van der Waals surface area contributed by atoms with Crippen LogP contribution in [0.25, 0.3) is 0 Å². The Morgan fingerprint density at radius 1 is 1.41 bits per heavy atom. The molecule has 2 aromatic rings. The maximum Gasteiger partial charge on any atom is 0.192 e. The smallest absolute Gasteiger partial charge is 0.192 e. The first-order chi connectivity index (χ1) is 8.20. The van der Waals surface area contributed by atoms with Crippen LogP contribution < -0.4 is 5.32 Å². The Labute approximate surface area is 105 Å². The summed E-state index contributed by atoms with van der Waals surface area (Å²) in [6, 6.07) is 2.14. The van der Waals surface area contributed by atoms with Crippen LogP contribution >= 0.6 is 11.8 Å². The molecule has 2 rings (SSSR count). The molecule has 0 spiro atoms. The van der Waals surface area contributed by atoms with Crippen LogP contribution in [0.3, 0.4) is 0 Å². The SMILES string of the molecule is CNCc1cnc(Sc2ncnn2C)c(C)c1. The quantitative estimate of drug-likeness (QED) is 0.887. The van der Waals surface area contributed by atoms with Gasteiger partial charge in [-0.1, -0.05) is 6.07 Å². The first-order valence-corrected chi connectivity index (χ1v) is 6.14. The number of hydrogen-bond acceptors (Lipinski definition) is 5. The molecule has 0 amide bonds. The molecular formula is C11H15N5S. The van der Waals surface area contributed by atoms with E-state index >= 15 is 0 Å². The van der Waals surface area contributed by atoms with Gasteiger partial charge in [0.1, 0.15) is 11.4 Å². The molecule has 0 aromatic carbocycles. The van der Waals surface area contributed by atoms with Gasteiger partial charge in [-0.05, 0) is 36.9 Å². The van der Waals surface area contributed by atoms with Gasteiger partial charge in [-0.25, -0.2) is 14.6 Å². The number of aryl methyl sites for hydroxylation is 2. The Balaban J connectivity index is 2.19. The third kappa shape index (κ3) is 2.83. The molecule has 1 N–H and O–H groups in total. The van der Waals surface area contributed by atoms with Crippen molar-refractivity contribution in [2.24, 2.45) is 7.05 Å². The third-order valence-electron chi connectivity index (χ3n) is 2.33. The number of nitrogens with zero attached hydrogens (tertiary/aromatic N) is 4. The van der Waals surface area contributed by atoms with Crippen LogP contribution in [0.1, 0.15) is 11.1 Å². The van der Waals surface area contributed by atoms with Gasteiger partial charge in [-0.3, -0.25) is 0 Å². The number of pyridine rings is 1. The summed E-state index contributed by atoms with van der Waals surface area (Å²) in [5.74, 6) is 0. The summed E-state index contributed by atoms with van der Waals surface area (Å²) in [5, 5.41) is 8.97. The maximum absolute atomic E-state index is 4.45. The van der Waals surface area contributed by atoms with E-state index in [-0.39, 0.29) is 0 Å². The average Bonchev–Trinajstić information content (AvgIpc) is 2.69. The second-order valence-electron chi connectivity index (χ2n) is 3.76. The fourth-order valence-electron chi connectivity index (χ4n) is 1.49. The topological polar surface area (TPSA) is 55.6 Å². The largest absolute Gasteiger partial charge is 0.316 e. The van der Waals surface area contributed by atoms with E-state index in [1.54, 1.807) is 11.0 Å². The monoisotopic (exact) mass is 249 g/mol. The molecule has 0 aliphatic carbocycles. The minimum absolute atomic E-state index is 0.836. The van der Waals surface area contributed by atoms with E-state index in [0.717, 1.165) is 22.3 Å². The van der Waals surface area contributed by atoms with Crippen molar-refractivity contribution in [3.63, 3.8) is 0 Å². The van der Waals surface area contributed by atoms with E-state index in [2.05, 4.69) is 33.4 Å². The Morgan fingerprint density at radius 3 is 2.82 bits per heavy atom. The summed E-state index contributed by atoms with van der Waals surface area (Å²) in [4.78, 5) is 8.63. The molecule has 2 aromatic heterocycles. The normalized spacial score (nSPS) is 10.8. The standard InChI is InChI=1S/C11H15N5S/c1-8-4-9(5-12-2)6-13-10(8)17-11-14-7-15-16(11)3/h4,6-7,12H,5H2,1-3H3. The van der Waals surface area contributed by atoms with Crippen LogP contribution in [0.5, 0.6) is 0 Å². The van der Waals surface area contributed by atoms with Crippen LogP contribution in [0, 0.1) is 6.92 Å². The van der Waals surface area contributed by atoms with Crippen LogP contribution in [0.15, 0.2) is 28.8 Å². The molecule has 0 atom stereocenters. The second kappa shape index (κ2) is 5.29. The molecule has 0 aliphatic rings. The fraction of sp³-hybridized carbons (Fsp3) is 0.364. The molecule has 2 heterocycles. The van der Waals surface area contributed by atoms with E-state index in [4.69, 9.17) is 0 Å². The molecule has 5 nitrogen and oxygen atoms in total. The molecule has 17 heavy (non-hydrogen) atoms. The predicted molar refractivity (Wildman–Crippen MR) is 66.9 cm³/mol. The van der Waals surface area contributed by atoms with Crippen molar-refractivity contribution in [1.29, 1.82) is 0 Å². The van der Waals surface area contributed by atoms with Crippen LogP contribution in [-0.2, 0) is 13.6 Å². The van der Waals surface area contributed by atoms with E-state index in [9.17, 15) is 0 Å². The lowest BCUT2D eigenvalue weighted by Gasteiger charge is -2.06. The van der Waals surface area contributed by atoms with Gasteiger partial charge in [0, 0.05) is 19.8 Å². The zero-order chi connectivity index (χ0) is 12.3. The lowest BCUT2D eigenvalue weighted by atomic mass is 10.2. The van der Waals surface area contributed by atoms with E-state index in [1.165, 1.54) is 17.3 Å². The summed E-state index contributed by atoms with van der Waals surface area (Å²) in [5.41, 5.74) is 2.35. The van der Waals surface area contributed by atoms with Gasteiger partial charge in [-0.2, -0.15) is 5.10 Å². The first kappa shape index (κ1) is 12.1. The highest BCUT2D eigenvalue weighted by Crippen LogP contribution is 2.26. The number of rotatable bonds is 4. The molecule has 0 radical (unpaired) electrons. The molecule has 0 unspecified atom stereocenters. The van der Waals surface area contributed by atoms with Gasteiger partial charge >= 0.3 is 0 Å². The summed E-state index contributed by atoms with van der Waals surface area (Å²) < 4.78 is 1.74. The van der Waals surface area contributed by atoms with Gasteiger partial charge < -0.3 is 5.32 Å². The second-order valence-corrected chi connectivity index (χ2v) is 4.72. The highest BCUT2D eigenvalue weighted by Gasteiger charge is 2.07. The van der Waals surface area contributed by atoms with Crippen LogP contribution in [0.4, 0.5) is 0 Å².